The van der Waals surface area contributed by atoms with Crippen LogP contribution in [0.1, 0.15) is 11.4 Å². The van der Waals surface area contributed by atoms with Gasteiger partial charge in [-0.25, -0.2) is 0 Å². The van der Waals surface area contributed by atoms with Crippen molar-refractivity contribution in [1.82, 2.24) is 24.9 Å². The fourth-order valence-electron chi connectivity index (χ4n) is 3.38. The summed E-state index contributed by atoms with van der Waals surface area (Å²) in [5, 5.41) is 13.9. The summed E-state index contributed by atoms with van der Waals surface area (Å²) in [4.78, 5) is 6.73. The molecule has 1 saturated heterocycles. The predicted molar refractivity (Wildman–Crippen MR) is 118 cm³/mol. The number of aryl methyl sites for hydroxylation is 1. The van der Waals surface area contributed by atoms with Gasteiger partial charge in [-0.3, -0.25) is 4.57 Å². The van der Waals surface area contributed by atoms with Gasteiger partial charge in [0.1, 0.15) is 0 Å². The number of benzene rings is 2. The van der Waals surface area contributed by atoms with Gasteiger partial charge in [0.2, 0.25) is 5.95 Å². The van der Waals surface area contributed by atoms with E-state index in [0.29, 0.717) is 30.7 Å². The average molecular weight is 435 g/mol. The third-order valence-corrected chi connectivity index (χ3v) is 5.95. The molecule has 0 atom stereocenters. The lowest BCUT2D eigenvalue weighted by Gasteiger charge is -2.27. The van der Waals surface area contributed by atoms with Gasteiger partial charge in [-0.15, -0.1) is 10.2 Å². The zero-order valence-corrected chi connectivity index (χ0v) is 18.0. The molecule has 0 N–H and O–H groups in total. The Kier molecular flexibility index (Phi) is 5.68. The molecule has 158 valence electrons. The van der Waals surface area contributed by atoms with Gasteiger partial charge in [-0.05, 0) is 31.2 Å². The number of hydrogen-bond acceptors (Lipinski definition) is 8. The Bertz CT molecular complexity index is 1140. The molecule has 2 aromatic carbocycles. The lowest BCUT2D eigenvalue weighted by atomic mass is 10.2. The fourth-order valence-corrected chi connectivity index (χ4v) is 4.17. The summed E-state index contributed by atoms with van der Waals surface area (Å²) < 4.78 is 13.0. The van der Waals surface area contributed by atoms with Crippen LogP contribution >= 0.6 is 11.8 Å². The molecule has 0 bridgehead atoms. The van der Waals surface area contributed by atoms with E-state index in [-0.39, 0.29) is 0 Å². The van der Waals surface area contributed by atoms with Crippen LogP contribution in [0.4, 0.5) is 5.95 Å². The Morgan fingerprint density at radius 2 is 1.74 bits per heavy atom. The quantitative estimate of drug-likeness (QED) is 0.424. The first-order chi connectivity index (χ1) is 15.3. The van der Waals surface area contributed by atoms with Crippen molar-refractivity contribution < 1.29 is 9.26 Å². The Morgan fingerprint density at radius 1 is 0.968 bits per heavy atom. The molecule has 1 aliphatic rings. The number of morpholine rings is 1. The van der Waals surface area contributed by atoms with Gasteiger partial charge in [0, 0.05) is 18.7 Å². The molecular weight excluding hydrogens is 412 g/mol. The summed E-state index contributed by atoms with van der Waals surface area (Å²) >= 11 is 1.54. The highest BCUT2D eigenvalue weighted by atomic mass is 32.2. The van der Waals surface area contributed by atoms with Crippen molar-refractivity contribution in [3.63, 3.8) is 0 Å². The number of hydrogen-bond donors (Lipinski definition) is 0. The minimum atomic E-state index is 0.519. The molecule has 0 saturated carbocycles. The maximum absolute atomic E-state index is 5.50. The zero-order chi connectivity index (χ0) is 21.0. The van der Waals surface area contributed by atoms with Crippen molar-refractivity contribution in [2.24, 2.45) is 0 Å². The summed E-state index contributed by atoms with van der Waals surface area (Å²) in [6, 6.07) is 18.1. The molecule has 1 aliphatic heterocycles. The molecule has 31 heavy (non-hydrogen) atoms. The van der Waals surface area contributed by atoms with Crippen molar-refractivity contribution in [2.45, 2.75) is 17.8 Å². The molecule has 0 amide bonds. The smallest absolute Gasteiger partial charge is 0.257 e. The molecule has 2 aromatic heterocycles. The Hall–Kier alpha value is -3.17. The minimum Gasteiger partial charge on any atom is -0.378 e. The highest BCUT2D eigenvalue weighted by molar-refractivity contribution is 7.98. The van der Waals surface area contributed by atoms with Crippen LogP contribution in [0.15, 0.2) is 64.3 Å². The minimum absolute atomic E-state index is 0.519. The third-order valence-electron chi connectivity index (χ3n) is 5.02. The Labute approximate surface area is 184 Å². The van der Waals surface area contributed by atoms with Crippen LogP contribution in [0.3, 0.4) is 0 Å². The van der Waals surface area contributed by atoms with E-state index in [4.69, 9.17) is 9.26 Å². The van der Waals surface area contributed by atoms with E-state index < -0.39 is 0 Å². The number of ether oxygens (including phenoxy) is 1. The molecule has 5 rings (SSSR count). The monoisotopic (exact) mass is 434 g/mol. The van der Waals surface area contributed by atoms with E-state index >= 15 is 0 Å². The van der Waals surface area contributed by atoms with Gasteiger partial charge < -0.3 is 14.2 Å². The first kappa shape index (κ1) is 19.8. The van der Waals surface area contributed by atoms with Gasteiger partial charge in [0.25, 0.3) is 5.89 Å². The van der Waals surface area contributed by atoms with Crippen LogP contribution in [-0.4, -0.2) is 51.2 Å². The van der Waals surface area contributed by atoms with E-state index in [1.807, 2.05) is 30.3 Å². The first-order valence-corrected chi connectivity index (χ1v) is 11.1. The summed E-state index contributed by atoms with van der Waals surface area (Å²) in [6.07, 6.45) is 0. The molecule has 0 radical (unpaired) electrons. The number of aromatic nitrogens is 5. The van der Waals surface area contributed by atoms with Crippen molar-refractivity contribution in [1.29, 1.82) is 0 Å². The van der Waals surface area contributed by atoms with Gasteiger partial charge in [-0.1, -0.05) is 52.8 Å². The standard InChI is InChI=1S/C22H22N6O2S/c1-16-7-9-18(10-8-16)28-21(27-11-13-29-14-12-27)24-25-22(28)31-15-19-23-20(30-26-19)17-5-3-2-4-6-17/h2-10H,11-15H2,1H3. The molecule has 0 spiro atoms. The molecule has 0 aliphatic carbocycles. The first-order valence-electron chi connectivity index (χ1n) is 10.1. The van der Waals surface area contributed by atoms with Gasteiger partial charge in [-0.2, -0.15) is 4.98 Å². The average Bonchev–Trinajstić information content (AvgIpc) is 3.47. The lowest BCUT2D eigenvalue weighted by Crippen LogP contribution is -2.37. The normalized spacial score (nSPS) is 14.2. The summed E-state index contributed by atoms with van der Waals surface area (Å²) in [6.45, 7) is 5.04. The van der Waals surface area contributed by atoms with Gasteiger partial charge in [0.15, 0.2) is 11.0 Å². The molecule has 0 unspecified atom stereocenters. The molecule has 1 fully saturated rings. The summed E-state index contributed by atoms with van der Waals surface area (Å²) in [5.74, 6) is 2.50. The third kappa shape index (κ3) is 4.33. The van der Waals surface area contributed by atoms with Gasteiger partial charge >= 0.3 is 0 Å². The highest BCUT2D eigenvalue weighted by Gasteiger charge is 2.22. The molecule has 9 heteroatoms. The SMILES string of the molecule is Cc1ccc(-n2c(SCc3noc(-c4ccccc4)n3)nnc2N2CCOCC2)cc1. The van der Waals surface area contributed by atoms with Crippen molar-refractivity contribution in [3.05, 3.63) is 66.0 Å². The fraction of sp³-hybridized carbons (Fsp3) is 0.273. The second-order valence-corrected chi connectivity index (χ2v) is 8.17. The zero-order valence-electron chi connectivity index (χ0n) is 17.1. The van der Waals surface area contributed by atoms with Crippen LogP contribution in [0.25, 0.3) is 17.1 Å². The molecular formula is C22H22N6O2S. The highest BCUT2D eigenvalue weighted by Crippen LogP contribution is 2.29. The van der Waals surface area contributed by atoms with Crippen LogP contribution in [0, 0.1) is 6.92 Å². The van der Waals surface area contributed by atoms with Gasteiger partial charge in [0.05, 0.1) is 24.7 Å². The topological polar surface area (TPSA) is 82.1 Å². The lowest BCUT2D eigenvalue weighted by molar-refractivity contribution is 0.122. The maximum Gasteiger partial charge on any atom is 0.257 e. The summed E-state index contributed by atoms with van der Waals surface area (Å²) in [7, 11) is 0. The van der Waals surface area contributed by atoms with E-state index in [9.17, 15) is 0 Å². The second kappa shape index (κ2) is 8.91. The number of nitrogens with zero attached hydrogens (tertiary/aromatic N) is 6. The predicted octanol–water partition coefficient (Wildman–Crippen LogP) is 3.75. The molecule has 3 heterocycles. The van der Waals surface area contributed by atoms with Crippen LogP contribution in [0.2, 0.25) is 0 Å². The van der Waals surface area contributed by atoms with E-state index in [0.717, 1.165) is 35.4 Å². The number of thioether (sulfide) groups is 1. The van der Waals surface area contributed by atoms with E-state index in [1.165, 1.54) is 17.3 Å². The van der Waals surface area contributed by atoms with Crippen LogP contribution in [0.5, 0.6) is 0 Å². The summed E-state index contributed by atoms with van der Waals surface area (Å²) in [5.41, 5.74) is 3.14. The van der Waals surface area contributed by atoms with Crippen molar-refractivity contribution in [2.75, 3.05) is 31.2 Å². The number of anilines is 1. The molecule has 8 nitrogen and oxygen atoms in total. The van der Waals surface area contributed by atoms with Crippen molar-refractivity contribution >= 4 is 17.7 Å². The van der Waals surface area contributed by atoms with Crippen LogP contribution < -0.4 is 4.90 Å². The largest absolute Gasteiger partial charge is 0.378 e. The number of rotatable bonds is 6. The van der Waals surface area contributed by atoms with E-state index in [2.05, 4.69) is 61.0 Å². The van der Waals surface area contributed by atoms with Crippen molar-refractivity contribution in [3.8, 4) is 17.1 Å². The molecule has 4 aromatic rings. The van der Waals surface area contributed by atoms with E-state index in [1.54, 1.807) is 0 Å². The maximum atomic E-state index is 5.50. The van der Waals surface area contributed by atoms with Crippen LogP contribution in [-0.2, 0) is 10.5 Å². The Balaban J connectivity index is 1.40. The Morgan fingerprint density at radius 3 is 2.52 bits per heavy atom. The second-order valence-electron chi connectivity index (χ2n) is 7.22.